The minimum Gasteiger partial charge on any atom is -0.493 e. The summed E-state index contributed by atoms with van der Waals surface area (Å²) >= 11 is 0.777. The standard InChI is InChI=1S/C22H21NO6S/c1-14(21(25)28-3)23-20(24)19(30-22(23)26)12-16-9-10-17(18(11-16)27-2)29-13-15-7-5-4-6-8-15/h4-12,14H,13H2,1-3H3/b19-12+/t14-/m1/s1. The van der Waals surface area contributed by atoms with E-state index in [2.05, 4.69) is 4.74 Å². The normalized spacial score (nSPS) is 16.0. The lowest BCUT2D eigenvalue weighted by molar-refractivity contribution is -0.148. The summed E-state index contributed by atoms with van der Waals surface area (Å²) in [5.74, 6) is -0.126. The first kappa shape index (κ1) is 21.4. The lowest BCUT2D eigenvalue weighted by atomic mass is 10.1. The van der Waals surface area contributed by atoms with Gasteiger partial charge in [0.05, 0.1) is 19.1 Å². The van der Waals surface area contributed by atoms with Gasteiger partial charge in [-0.1, -0.05) is 36.4 Å². The highest BCUT2D eigenvalue weighted by Gasteiger charge is 2.41. The van der Waals surface area contributed by atoms with E-state index < -0.39 is 23.2 Å². The molecule has 0 aliphatic carbocycles. The summed E-state index contributed by atoms with van der Waals surface area (Å²) < 4.78 is 15.9. The number of hydrogen-bond acceptors (Lipinski definition) is 7. The first-order valence-corrected chi connectivity index (χ1v) is 9.96. The average Bonchev–Trinajstić information content (AvgIpc) is 3.04. The largest absolute Gasteiger partial charge is 0.493 e. The maximum Gasteiger partial charge on any atom is 0.328 e. The molecule has 1 aliphatic heterocycles. The highest BCUT2D eigenvalue weighted by atomic mass is 32.2. The second-order valence-corrected chi connectivity index (χ2v) is 7.43. The average molecular weight is 427 g/mol. The first-order chi connectivity index (χ1) is 14.4. The van der Waals surface area contributed by atoms with Crippen molar-refractivity contribution in [2.75, 3.05) is 14.2 Å². The Labute approximate surface area is 178 Å². The molecule has 0 bridgehead atoms. The fourth-order valence-corrected chi connectivity index (χ4v) is 3.78. The van der Waals surface area contributed by atoms with E-state index in [0.29, 0.717) is 23.7 Å². The molecule has 1 saturated heterocycles. The number of esters is 1. The monoisotopic (exact) mass is 427 g/mol. The number of carbonyl (C=O) groups excluding carboxylic acids is 3. The molecular weight excluding hydrogens is 406 g/mol. The Balaban J connectivity index is 1.78. The maximum absolute atomic E-state index is 12.6. The van der Waals surface area contributed by atoms with Crippen LogP contribution in [0.3, 0.4) is 0 Å². The Kier molecular flexibility index (Phi) is 6.79. The molecule has 8 heteroatoms. The zero-order valence-corrected chi connectivity index (χ0v) is 17.6. The third-order valence-corrected chi connectivity index (χ3v) is 5.36. The second-order valence-electron chi connectivity index (χ2n) is 6.44. The molecule has 0 spiro atoms. The van der Waals surface area contributed by atoms with E-state index in [1.165, 1.54) is 21.1 Å². The number of benzene rings is 2. The van der Waals surface area contributed by atoms with E-state index in [1.54, 1.807) is 24.3 Å². The number of hydrogen-bond donors (Lipinski definition) is 0. The van der Waals surface area contributed by atoms with Gasteiger partial charge in [0.1, 0.15) is 12.6 Å². The van der Waals surface area contributed by atoms with Gasteiger partial charge in [0.15, 0.2) is 11.5 Å². The number of rotatable bonds is 7. The molecule has 1 atom stereocenters. The smallest absolute Gasteiger partial charge is 0.328 e. The van der Waals surface area contributed by atoms with Crippen molar-refractivity contribution < 1.29 is 28.6 Å². The van der Waals surface area contributed by atoms with Crippen molar-refractivity contribution in [3.63, 3.8) is 0 Å². The van der Waals surface area contributed by atoms with Crippen LogP contribution in [0.2, 0.25) is 0 Å². The molecule has 30 heavy (non-hydrogen) atoms. The minimum absolute atomic E-state index is 0.218. The Bertz CT molecular complexity index is 988. The SMILES string of the molecule is COC(=O)[C@@H](C)N1C(=O)S/C(=C/c2ccc(OCc3ccccc3)c(OC)c2)C1=O. The van der Waals surface area contributed by atoms with E-state index in [-0.39, 0.29) is 4.91 Å². The number of methoxy groups -OCH3 is 2. The van der Waals surface area contributed by atoms with Crippen LogP contribution in [0.5, 0.6) is 11.5 Å². The minimum atomic E-state index is -0.989. The van der Waals surface area contributed by atoms with Crippen molar-refractivity contribution in [1.29, 1.82) is 0 Å². The number of imide groups is 1. The predicted molar refractivity (Wildman–Crippen MR) is 113 cm³/mol. The summed E-state index contributed by atoms with van der Waals surface area (Å²) in [6, 6.07) is 14.0. The summed E-state index contributed by atoms with van der Waals surface area (Å²) in [6.45, 7) is 1.84. The van der Waals surface area contributed by atoms with E-state index in [0.717, 1.165) is 22.2 Å². The molecule has 3 rings (SSSR count). The zero-order chi connectivity index (χ0) is 21.7. The molecular formula is C22H21NO6S. The molecule has 0 radical (unpaired) electrons. The van der Waals surface area contributed by atoms with Crippen LogP contribution in [0.4, 0.5) is 4.79 Å². The molecule has 1 heterocycles. The van der Waals surface area contributed by atoms with Gasteiger partial charge in [0.25, 0.3) is 11.1 Å². The molecule has 1 fully saturated rings. The van der Waals surface area contributed by atoms with Crippen LogP contribution in [-0.4, -0.2) is 42.3 Å². The first-order valence-electron chi connectivity index (χ1n) is 9.14. The van der Waals surface area contributed by atoms with Crippen LogP contribution in [0.1, 0.15) is 18.1 Å². The van der Waals surface area contributed by atoms with Gasteiger partial charge >= 0.3 is 5.97 Å². The quantitative estimate of drug-likeness (QED) is 0.490. The van der Waals surface area contributed by atoms with Crippen LogP contribution >= 0.6 is 11.8 Å². The van der Waals surface area contributed by atoms with E-state index in [9.17, 15) is 14.4 Å². The van der Waals surface area contributed by atoms with Gasteiger partial charge in [-0.2, -0.15) is 0 Å². The Morgan fingerprint density at radius 1 is 1.10 bits per heavy atom. The molecule has 7 nitrogen and oxygen atoms in total. The van der Waals surface area contributed by atoms with Gasteiger partial charge in [-0.15, -0.1) is 0 Å². The second kappa shape index (κ2) is 9.49. The summed E-state index contributed by atoms with van der Waals surface area (Å²) in [6.07, 6.45) is 1.58. The van der Waals surface area contributed by atoms with Crippen molar-refractivity contribution >= 4 is 35.0 Å². The fourth-order valence-electron chi connectivity index (χ4n) is 2.87. The van der Waals surface area contributed by atoms with Crippen LogP contribution in [-0.2, 0) is 20.9 Å². The third kappa shape index (κ3) is 4.65. The highest BCUT2D eigenvalue weighted by molar-refractivity contribution is 8.18. The summed E-state index contributed by atoms with van der Waals surface area (Å²) in [5, 5.41) is -0.515. The van der Waals surface area contributed by atoms with Gasteiger partial charge in [0.2, 0.25) is 0 Å². The number of carbonyl (C=O) groups is 3. The van der Waals surface area contributed by atoms with Crippen molar-refractivity contribution in [2.45, 2.75) is 19.6 Å². The Hall–Kier alpha value is -3.26. The van der Waals surface area contributed by atoms with E-state index >= 15 is 0 Å². The van der Waals surface area contributed by atoms with Crippen molar-refractivity contribution in [2.24, 2.45) is 0 Å². The maximum atomic E-state index is 12.6. The summed E-state index contributed by atoms with van der Waals surface area (Å²) in [4.78, 5) is 37.7. The third-order valence-electron chi connectivity index (χ3n) is 4.48. The van der Waals surface area contributed by atoms with E-state index in [1.807, 2.05) is 30.3 Å². The molecule has 156 valence electrons. The van der Waals surface area contributed by atoms with Crippen LogP contribution in [0, 0.1) is 0 Å². The lowest BCUT2D eigenvalue weighted by Gasteiger charge is -2.18. The van der Waals surface area contributed by atoms with Crippen molar-refractivity contribution in [3.8, 4) is 11.5 Å². The number of amides is 2. The van der Waals surface area contributed by atoms with Gasteiger partial charge in [-0.3, -0.25) is 14.5 Å². The van der Waals surface area contributed by atoms with Crippen LogP contribution in [0.15, 0.2) is 53.4 Å². The van der Waals surface area contributed by atoms with Gasteiger partial charge in [-0.05, 0) is 48.0 Å². The van der Waals surface area contributed by atoms with Crippen molar-refractivity contribution in [1.82, 2.24) is 4.90 Å². The summed E-state index contributed by atoms with van der Waals surface area (Å²) in [5.41, 5.74) is 1.69. The molecule has 2 aromatic rings. The number of ether oxygens (including phenoxy) is 3. The van der Waals surface area contributed by atoms with Crippen LogP contribution < -0.4 is 9.47 Å². The molecule has 0 aromatic heterocycles. The highest BCUT2D eigenvalue weighted by Crippen LogP contribution is 2.35. The Morgan fingerprint density at radius 2 is 1.83 bits per heavy atom. The molecule has 2 aromatic carbocycles. The molecule has 2 amide bonds. The lowest BCUT2D eigenvalue weighted by Crippen LogP contribution is -2.42. The predicted octanol–water partition coefficient (Wildman–Crippen LogP) is 3.87. The van der Waals surface area contributed by atoms with Crippen LogP contribution in [0.25, 0.3) is 6.08 Å². The fraction of sp³-hybridized carbons (Fsp3) is 0.227. The molecule has 0 unspecified atom stereocenters. The van der Waals surface area contributed by atoms with Gasteiger partial charge < -0.3 is 14.2 Å². The summed E-state index contributed by atoms with van der Waals surface area (Å²) in [7, 11) is 2.74. The topological polar surface area (TPSA) is 82.1 Å². The number of thioether (sulfide) groups is 1. The molecule has 0 N–H and O–H groups in total. The zero-order valence-electron chi connectivity index (χ0n) is 16.8. The Morgan fingerprint density at radius 3 is 2.50 bits per heavy atom. The van der Waals surface area contributed by atoms with E-state index in [4.69, 9.17) is 9.47 Å². The van der Waals surface area contributed by atoms with Crippen molar-refractivity contribution in [3.05, 3.63) is 64.6 Å². The number of nitrogens with zero attached hydrogens (tertiary/aromatic N) is 1. The van der Waals surface area contributed by atoms with Gasteiger partial charge in [-0.25, -0.2) is 4.79 Å². The van der Waals surface area contributed by atoms with Gasteiger partial charge in [0, 0.05) is 0 Å². The molecule has 0 saturated carbocycles. The molecule has 1 aliphatic rings.